The van der Waals surface area contributed by atoms with Gasteiger partial charge in [-0.1, -0.05) is 18.2 Å². The lowest BCUT2D eigenvalue weighted by atomic mass is 10.0. The number of carbonyl (C=O) groups excluding carboxylic acids is 1. The highest BCUT2D eigenvalue weighted by Crippen LogP contribution is 2.30. The summed E-state index contributed by atoms with van der Waals surface area (Å²) in [6, 6.07) is 7.47. The van der Waals surface area contributed by atoms with Gasteiger partial charge >= 0.3 is 0 Å². The first kappa shape index (κ1) is 20.0. The van der Waals surface area contributed by atoms with Gasteiger partial charge in [-0.05, 0) is 12.5 Å². The molecule has 1 aromatic rings. The van der Waals surface area contributed by atoms with Crippen LogP contribution in [0.5, 0.6) is 5.75 Å². The molecule has 2 fully saturated rings. The van der Waals surface area contributed by atoms with Crippen LogP contribution in [0.25, 0.3) is 0 Å². The summed E-state index contributed by atoms with van der Waals surface area (Å²) in [4.78, 5) is 14.5. The third kappa shape index (κ3) is 4.25. The SMILES string of the molecule is COc1ccccc1C1CNCCN1C(=O)CN1CCCS1(=O)=O.Cl. The Morgan fingerprint density at radius 2 is 2.08 bits per heavy atom. The van der Waals surface area contributed by atoms with E-state index in [1.54, 1.807) is 12.0 Å². The number of ether oxygens (including phenoxy) is 1. The summed E-state index contributed by atoms with van der Waals surface area (Å²) in [7, 11) is -1.66. The number of nitrogens with one attached hydrogen (secondary N) is 1. The fourth-order valence-corrected chi connectivity index (χ4v) is 4.80. The summed E-state index contributed by atoms with van der Waals surface area (Å²) in [5.41, 5.74) is 0.935. The summed E-state index contributed by atoms with van der Waals surface area (Å²) in [6.45, 7) is 2.23. The molecule has 2 aliphatic heterocycles. The zero-order chi connectivity index (χ0) is 17.2. The average molecular weight is 390 g/mol. The predicted octanol–water partition coefficient (Wildman–Crippen LogP) is 0.625. The molecule has 1 atom stereocenters. The number of rotatable bonds is 4. The lowest BCUT2D eigenvalue weighted by Gasteiger charge is -2.37. The van der Waals surface area contributed by atoms with Gasteiger partial charge < -0.3 is 15.0 Å². The molecule has 25 heavy (non-hydrogen) atoms. The van der Waals surface area contributed by atoms with Gasteiger partial charge in [-0.3, -0.25) is 4.79 Å². The van der Waals surface area contributed by atoms with Gasteiger partial charge in [-0.15, -0.1) is 12.4 Å². The van der Waals surface area contributed by atoms with E-state index < -0.39 is 10.0 Å². The molecule has 0 bridgehead atoms. The summed E-state index contributed by atoms with van der Waals surface area (Å²) in [6.07, 6.45) is 0.590. The Morgan fingerprint density at radius 1 is 1.32 bits per heavy atom. The van der Waals surface area contributed by atoms with Crippen LogP contribution in [0.4, 0.5) is 0 Å². The molecule has 0 saturated carbocycles. The van der Waals surface area contributed by atoms with Crippen molar-refractivity contribution in [1.82, 2.24) is 14.5 Å². The van der Waals surface area contributed by atoms with Gasteiger partial charge in [0.25, 0.3) is 0 Å². The van der Waals surface area contributed by atoms with Gasteiger partial charge in [-0.25, -0.2) is 8.42 Å². The van der Waals surface area contributed by atoms with Crippen molar-refractivity contribution in [2.45, 2.75) is 12.5 Å². The largest absolute Gasteiger partial charge is 0.496 e. The van der Waals surface area contributed by atoms with Crippen molar-refractivity contribution in [3.05, 3.63) is 29.8 Å². The topological polar surface area (TPSA) is 79.0 Å². The molecular formula is C16H24ClN3O4S. The number of hydrogen-bond donors (Lipinski definition) is 1. The number of nitrogens with zero attached hydrogens (tertiary/aromatic N) is 2. The Hall–Kier alpha value is -1.35. The molecule has 2 aliphatic rings. The van der Waals surface area contributed by atoms with E-state index >= 15 is 0 Å². The van der Waals surface area contributed by atoms with Crippen LogP contribution in [-0.2, 0) is 14.8 Å². The van der Waals surface area contributed by atoms with Gasteiger partial charge in [0, 0.05) is 31.7 Å². The van der Waals surface area contributed by atoms with Crippen molar-refractivity contribution in [2.75, 3.05) is 45.6 Å². The molecule has 2 saturated heterocycles. The molecule has 0 aliphatic carbocycles. The lowest BCUT2D eigenvalue weighted by Crippen LogP contribution is -2.51. The maximum Gasteiger partial charge on any atom is 0.238 e. The fraction of sp³-hybridized carbons (Fsp3) is 0.562. The number of carbonyl (C=O) groups is 1. The molecule has 2 heterocycles. The van der Waals surface area contributed by atoms with Gasteiger partial charge in [0.1, 0.15) is 5.75 Å². The maximum atomic E-state index is 12.8. The number of methoxy groups -OCH3 is 1. The number of hydrogen-bond acceptors (Lipinski definition) is 5. The van der Waals surface area contributed by atoms with Crippen LogP contribution in [-0.4, -0.2) is 69.1 Å². The molecule has 3 rings (SSSR count). The Labute approximate surface area is 154 Å². The van der Waals surface area contributed by atoms with Crippen LogP contribution in [0.3, 0.4) is 0 Å². The molecule has 1 unspecified atom stereocenters. The minimum absolute atomic E-state index is 0. The second-order valence-electron chi connectivity index (χ2n) is 6.05. The molecule has 1 aromatic carbocycles. The summed E-state index contributed by atoms with van der Waals surface area (Å²) >= 11 is 0. The van der Waals surface area contributed by atoms with Crippen molar-refractivity contribution in [1.29, 1.82) is 0 Å². The standard InChI is InChI=1S/C16H23N3O4S.ClH/c1-23-15-6-3-2-5-13(15)14-11-17-7-9-19(14)16(20)12-18-8-4-10-24(18,21)22;/h2-3,5-6,14,17H,4,7-12H2,1H3;1H. The first-order valence-electron chi connectivity index (χ1n) is 8.14. The third-order valence-corrected chi connectivity index (χ3v) is 6.48. The van der Waals surface area contributed by atoms with E-state index in [2.05, 4.69) is 5.32 Å². The zero-order valence-corrected chi connectivity index (χ0v) is 15.8. The molecule has 7 nitrogen and oxygen atoms in total. The molecule has 1 N–H and O–H groups in total. The smallest absolute Gasteiger partial charge is 0.238 e. The van der Waals surface area contributed by atoms with E-state index in [4.69, 9.17) is 4.74 Å². The Morgan fingerprint density at radius 3 is 2.76 bits per heavy atom. The van der Waals surface area contributed by atoms with Crippen molar-refractivity contribution in [2.24, 2.45) is 0 Å². The first-order valence-corrected chi connectivity index (χ1v) is 9.75. The predicted molar refractivity (Wildman–Crippen MR) is 97.5 cm³/mol. The Kier molecular flexibility index (Phi) is 6.67. The molecule has 0 radical (unpaired) electrons. The Bertz CT molecular complexity index is 713. The van der Waals surface area contributed by atoms with Crippen LogP contribution in [0.1, 0.15) is 18.0 Å². The van der Waals surface area contributed by atoms with Crippen molar-refractivity contribution in [3.8, 4) is 5.75 Å². The van der Waals surface area contributed by atoms with E-state index in [9.17, 15) is 13.2 Å². The third-order valence-electron chi connectivity index (χ3n) is 4.58. The molecule has 0 spiro atoms. The second-order valence-corrected chi connectivity index (χ2v) is 8.14. The van der Waals surface area contributed by atoms with Crippen LogP contribution in [0.15, 0.2) is 24.3 Å². The highest BCUT2D eigenvalue weighted by Gasteiger charge is 2.35. The van der Waals surface area contributed by atoms with Crippen LogP contribution < -0.4 is 10.1 Å². The minimum Gasteiger partial charge on any atom is -0.496 e. The Balaban J connectivity index is 0.00000225. The van der Waals surface area contributed by atoms with E-state index in [0.29, 0.717) is 32.6 Å². The molecule has 1 amide bonds. The first-order chi connectivity index (χ1) is 11.5. The zero-order valence-electron chi connectivity index (χ0n) is 14.2. The second kappa shape index (κ2) is 8.35. The number of benzene rings is 1. The molecule has 9 heteroatoms. The number of piperazine rings is 1. The van der Waals surface area contributed by atoms with Crippen molar-refractivity contribution in [3.63, 3.8) is 0 Å². The quantitative estimate of drug-likeness (QED) is 0.816. The number of halogens is 1. The number of para-hydroxylation sites is 1. The van der Waals surface area contributed by atoms with Crippen LogP contribution >= 0.6 is 12.4 Å². The van der Waals surface area contributed by atoms with Crippen LogP contribution in [0.2, 0.25) is 0 Å². The normalized spacial score (nSPS) is 23.1. The fourth-order valence-electron chi connectivity index (χ4n) is 3.33. The van der Waals surface area contributed by atoms with Gasteiger partial charge in [0.15, 0.2) is 0 Å². The number of amides is 1. The minimum atomic E-state index is -3.27. The highest BCUT2D eigenvalue weighted by molar-refractivity contribution is 7.89. The van der Waals surface area contributed by atoms with Crippen molar-refractivity contribution < 1.29 is 17.9 Å². The summed E-state index contributed by atoms with van der Waals surface area (Å²) in [5, 5.41) is 3.30. The van der Waals surface area contributed by atoms with Crippen LogP contribution in [0, 0.1) is 0 Å². The monoisotopic (exact) mass is 389 g/mol. The van der Waals surface area contributed by atoms with Crippen molar-refractivity contribution >= 4 is 28.3 Å². The summed E-state index contributed by atoms with van der Waals surface area (Å²) in [5.74, 6) is 0.716. The van der Waals surface area contributed by atoms with Gasteiger partial charge in [-0.2, -0.15) is 4.31 Å². The number of sulfonamides is 1. The van der Waals surface area contributed by atoms with E-state index in [-0.39, 0.29) is 36.7 Å². The average Bonchev–Trinajstić information content (AvgIpc) is 2.93. The van der Waals surface area contributed by atoms with E-state index in [1.807, 2.05) is 24.3 Å². The van der Waals surface area contributed by atoms with E-state index in [1.165, 1.54) is 4.31 Å². The molecular weight excluding hydrogens is 366 g/mol. The summed E-state index contributed by atoms with van der Waals surface area (Å²) < 4.78 is 30.6. The highest BCUT2D eigenvalue weighted by atomic mass is 35.5. The van der Waals surface area contributed by atoms with E-state index in [0.717, 1.165) is 11.3 Å². The van der Waals surface area contributed by atoms with Gasteiger partial charge in [0.2, 0.25) is 15.9 Å². The molecule has 0 aromatic heterocycles. The molecule has 140 valence electrons. The lowest BCUT2D eigenvalue weighted by molar-refractivity contribution is -0.134. The van der Waals surface area contributed by atoms with Gasteiger partial charge in [0.05, 0.1) is 25.4 Å². The maximum absolute atomic E-state index is 12.8.